The lowest BCUT2D eigenvalue weighted by atomic mass is 10.2. The molecule has 0 aliphatic heterocycles. The van der Waals surface area contributed by atoms with Gasteiger partial charge in [0.15, 0.2) is 0 Å². The first-order valence-corrected chi connectivity index (χ1v) is 4.70. The predicted molar refractivity (Wildman–Crippen MR) is 58.2 cm³/mol. The summed E-state index contributed by atoms with van der Waals surface area (Å²) in [6, 6.07) is 8.43. The minimum atomic E-state index is -0.505. The van der Waals surface area contributed by atoms with E-state index in [-0.39, 0.29) is 18.7 Å². The van der Waals surface area contributed by atoms with Crippen molar-refractivity contribution in [2.45, 2.75) is 12.8 Å². The number of benzene rings is 1. The van der Waals surface area contributed by atoms with E-state index in [1.807, 2.05) is 6.07 Å². The highest BCUT2D eigenvalue weighted by Gasteiger charge is 2.04. The van der Waals surface area contributed by atoms with Crippen LogP contribution < -0.4 is 11.1 Å². The second-order valence-electron chi connectivity index (χ2n) is 3.20. The molecule has 2 amide bonds. The summed E-state index contributed by atoms with van der Waals surface area (Å²) in [5, 5.41) is 11.2. The number of nitriles is 1. The number of hydrogen-bond donors (Lipinski definition) is 2. The molecule has 0 unspecified atom stereocenters. The van der Waals surface area contributed by atoms with Gasteiger partial charge in [0.05, 0.1) is 11.6 Å². The molecular formula is C11H11N3O2. The first kappa shape index (κ1) is 11.7. The third-order valence-electron chi connectivity index (χ3n) is 1.90. The van der Waals surface area contributed by atoms with Crippen LogP contribution in [-0.2, 0) is 9.59 Å². The molecule has 0 saturated heterocycles. The lowest BCUT2D eigenvalue weighted by molar-refractivity contribution is -0.122. The molecule has 82 valence electrons. The minimum Gasteiger partial charge on any atom is -0.370 e. The molecule has 5 heteroatoms. The zero-order chi connectivity index (χ0) is 12.0. The Morgan fingerprint density at radius 3 is 2.38 bits per heavy atom. The Balaban J connectivity index is 2.50. The average molecular weight is 217 g/mol. The Kier molecular flexibility index (Phi) is 4.04. The summed E-state index contributed by atoms with van der Waals surface area (Å²) in [5.74, 6) is -0.779. The summed E-state index contributed by atoms with van der Waals surface area (Å²) < 4.78 is 0. The number of nitrogens with zero attached hydrogens (tertiary/aromatic N) is 1. The monoisotopic (exact) mass is 217 g/mol. The van der Waals surface area contributed by atoms with Crippen LogP contribution in [-0.4, -0.2) is 11.8 Å². The van der Waals surface area contributed by atoms with Crippen molar-refractivity contribution >= 4 is 17.5 Å². The van der Waals surface area contributed by atoms with Crippen molar-refractivity contribution in [1.29, 1.82) is 5.26 Å². The van der Waals surface area contributed by atoms with Crippen LogP contribution in [0, 0.1) is 11.3 Å². The highest BCUT2D eigenvalue weighted by Crippen LogP contribution is 2.09. The summed E-state index contributed by atoms with van der Waals surface area (Å²) in [7, 11) is 0. The van der Waals surface area contributed by atoms with Crippen LogP contribution in [0.15, 0.2) is 24.3 Å². The van der Waals surface area contributed by atoms with Crippen LogP contribution in [0.5, 0.6) is 0 Å². The maximum absolute atomic E-state index is 11.3. The summed E-state index contributed by atoms with van der Waals surface area (Å²) >= 11 is 0. The van der Waals surface area contributed by atoms with Gasteiger partial charge in [-0.2, -0.15) is 5.26 Å². The number of primary amides is 1. The molecular weight excluding hydrogens is 206 g/mol. The Bertz CT molecular complexity index is 432. The number of anilines is 1. The van der Waals surface area contributed by atoms with E-state index in [9.17, 15) is 9.59 Å². The van der Waals surface area contributed by atoms with Gasteiger partial charge in [-0.3, -0.25) is 9.59 Å². The fraction of sp³-hybridized carbons (Fsp3) is 0.182. The summed E-state index contributed by atoms with van der Waals surface area (Å²) in [6.07, 6.45) is 0.0947. The number of nitrogens with two attached hydrogens (primary N) is 1. The second-order valence-corrected chi connectivity index (χ2v) is 3.20. The lowest BCUT2D eigenvalue weighted by Gasteiger charge is -2.03. The third kappa shape index (κ3) is 3.80. The van der Waals surface area contributed by atoms with E-state index in [1.54, 1.807) is 24.3 Å². The molecule has 0 heterocycles. The summed E-state index contributed by atoms with van der Waals surface area (Å²) in [6.45, 7) is 0. The number of rotatable bonds is 4. The van der Waals surface area contributed by atoms with Crippen LogP contribution in [0.3, 0.4) is 0 Å². The lowest BCUT2D eigenvalue weighted by Crippen LogP contribution is -2.17. The van der Waals surface area contributed by atoms with Gasteiger partial charge in [-0.1, -0.05) is 0 Å². The quantitative estimate of drug-likeness (QED) is 0.779. The van der Waals surface area contributed by atoms with E-state index in [2.05, 4.69) is 5.32 Å². The molecule has 0 saturated carbocycles. The molecule has 1 aromatic carbocycles. The number of hydrogen-bond acceptors (Lipinski definition) is 3. The molecule has 0 atom stereocenters. The van der Waals surface area contributed by atoms with E-state index < -0.39 is 5.91 Å². The van der Waals surface area contributed by atoms with Gasteiger partial charge in [0.25, 0.3) is 0 Å². The van der Waals surface area contributed by atoms with Crippen molar-refractivity contribution in [1.82, 2.24) is 0 Å². The van der Waals surface area contributed by atoms with Crippen LogP contribution >= 0.6 is 0 Å². The molecule has 0 aliphatic carbocycles. The van der Waals surface area contributed by atoms with Crippen molar-refractivity contribution in [3.63, 3.8) is 0 Å². The molecule has 0 radical (unpaired) electrons. The fourth-order valence-corrected chi connectivity index (χ4v) is 1.09. The molecule has 16 heavy (non-hydrogen) atoms. The average Bonchev–Trinajstić information content (AvgIpc) is 2.27. The maximum Gasteiger partial charge on any atom is 0.224 e. The van der Waals surface area contributed by atoms with Crippen LogP contribution in [0.25, 0.3) is 0 Å². The number of amides is 2. The van der Waals surface area contributed by atoms with Gasteiger partial charge in [0.2, 0.25) is 11.8 Å². The first-order valence-electron chi connectivity index (χ1n) is 4.70. The molecule has 0 fully saturated rings. The van der Waals surface area contributed by atoms with Gasteiger partial charge in [-0.05, 0) is 24.3 Å². The van der Waals surface area contributed by atoms with Gasteiger partial charge in [-0.25, -0.2) is 0 Å². The molecule has 1 rings (SSSR count). The van der Waals surface area contributed by atoms with Crippen molar-refractivity contribution in [2.24, 2.45) is 5.73 Å². The highest BCUT2D eigenvalue weighted by atomic mass is 16.2. The Hall–Kier alpha value is -2.35. The zero-order valence-corrected chi connectivity index (χ0v) is 8.56. The minimum absolute atomic E-state index is 0.0299. The highest BCUT2D eigenvalue weighted by molar-refractivity contribution is 5.92. The molecule has 5 nitrogen and oxygen atoms in total. The first-order chi connectivity index (χ1) is 7.61. The van der Waals surface area contributed by atoms with Gasteiger partial charge in [-0.15, -0.1) is 0 Å². The largest absolute Gasteiger partial charge is 0.370 e. The van der Waals surface area contributed by atoms with Crippen molar-refractivity contribution in [2.75, 3.05) is 5.32 Å². The van der Waals surface area contributed by atoms with Crippen molar-refractivity contribution < 1.29 is 9.59 Å². The second kappa shape index (κ2) is 5.51. The standard InChI is InChI=1S/C11H11N3O2/c12-7-8-1-3-9(4-2-8)14-11(16)6-5-10(13)15/h1-4H,5-6H2,(H2,13,15)(H,14,16). The van der Waals surface area contributed by atoms with Gasteiger partial charge in [0.1, 0.15) is 0 Å². The van der Waals surface area contributed by atoms with Crippen molar-refractivity contribution in [3.8, 4) is 6.07 Å². The normalized spacial score (nSPS) is 9.19. The summed E-state index contributed by atoms with van der Waals surface area (Å²) in [5.41, 5.74) is 6.03. The smallest absolute Gasteiger partial charge is 0.224 e. The summed E-state index contributed by atoms with van der Waals surface area (Å²) in [4.78, 5) is 21.7. The van der Waals surface area contributed by atoms with E-state index in [4.69, 9.17) is 11.0 Å². The maximum atomic E-state index is 11.3. The molecule has 0 aliphatic rings. The van der Waals surface area contributed by atoms with Gasteiger partial charge >= 0.3 is 0 Å². The fourth-order valence-electron chi connectivity index (χ4n) is 1.09. The molecule has 0 bridgehead atoms. The van der Waals surface area contributed by atoms with Crippen molar-refractivity contribution in [3.05, 3.63) is 29.8 Å². The molecule has 0 spiro atoms. The van der Waals surface area contributed by atoms with Crippen LogP contribution in [0.4, 0.5) is 5.69 Å². The topological polar surface area (TPSA) is 96.0 Å². The van der Waals surface area contributed by atoms with Crippen LogP contribution in [0.2, 0.25) is 0 Å². The molecule has 3 N–H and O–H groups in total. The van der Waals surface area contributed by atoms with E-state index in [1.165, 1.54) is 0 Å². The number of nitrogens with one attached hydrogen (secondary N) is 1. The molecule has 1 aromatic rings. The molecule has 0 aromatic heterocycles. The predicted octanol–water partition coefficient (Wildman–Crippen LogP) is 0.762. The van der Waals surface area contributed by atoms with Gasteiger partial charge in [0, 0.05) is 18.5 Å². The third-order valence-corrected chi connectivity index (χ3v) is 1.90. The number of carbonyl (C=O) groups excluding carboxylic acids is 2. The van der Waals surface area contributed by atoms with Crippen LogP contribution in [0.1, 0.15) is 18.4 Å². The van der Waals surface area contributed by atoms with Gasteiger partial charge < -0.3 is 11.1 Å². The van der Waals surface area contributed by atoms with E-state index in [0.717, 1.165) is 0 Å². The van der Waals surface area contributed by atoms with E-state index in [0.29, 0.717) is 11.3 Å². The Morgan fingerprint density at radius 2 is 1.88 bits per heavy atom. The number of carbonyl (C=O) groups is 2. The Morgan fingerprint density at radius 1 is 1.25 bits per heavy atom. The SMILES string of the molecule is N#Cc1ccc(NC(=O)CCC(N)=O)cc1. The van der Waals surface area contributed by atoms with E-state index >= 15 is 0 Å². The Labute approximate surface area is 92.9 Å². The zero-order valence-electron chi connectivity index (χ0n) is 8.56.